The highest BCUT2D eigenvalue weighted by Gasteiger charge is 2.21. The van der Waals surface area contributed by atoms with Crippen LogP contribution >= 0.6 is 15.9 Å². The van der Waals surface area contributed by atoms with Crippen LogP contribution in [0.1, 0.15) is 38.3 Å². The first-order valence-corrected chi connectivity index (χ1v) is 7.18. The van der Waals surface area contributed by atoms with E-state index >= 15 is 0 Å². The summed E-state index contributed by atoms with van der Waals surface area (Å²) in [6.45, 7) is 5.03. The van der Waals surface area contributed by atoms with Crippen molar-refractivity contribution >= 4 is 15.9 Å². The first-order valence-electron chi connectivity index (χ1n) is 6.39. The molecule has 1 saturated heterocycles. The van der Waals surface area contributed by atoms with E-state index in [1.54, 1.807) is 0 Å². The Labute approximate surface area is 116 Å². The van der Waals surface area contributed by atoms with Crippen molar-refractivity contribution in [2.24, 2.45) is 0 Å². The molecule has 3 unspecified atom stereocenters. The lowest BCUT2D eigenvalue weighted by molar-refractivity contribution is 0.0116. The van der Waals surface area contributed by atoms with Crippen molar-refractivity contribution in [3.63, 3.8) is 0 Å². The van der Waals surface area contributed by atoms with Gasteiger partial charge in [-0.3, -0.25) is 0 Å². The van der Waals surface area contributed by atoms with Crippen LogP contribution in [0.5, 0.6) is 0 Å². The van der Waals surface area contributed by atoms with E-state index in [9.17, 15) is 4.39 Å². The van der Waals surface area contributed by atoms with E-state index in [1.807, 2.05) is 12.1 Å². The Morgan fingerprint density at radius 1 is 1.50 bits per heavy atom. The van der Waals surface area contributed by atoms with Crippen LogP contribution in [0.25, 0.3) is 0 Å². The van der Waals surface area contributed by atoms with Gasteiger partial charge in [-0.25, -0.2) is 4.39 Å². The maximum atomic E-state index is 13.2. The molecule has 1 aliphatic rings. The summed E-state index contributed by atoms with van der Waals surface area (Å²) >= 11 is 3.23. The predicted molar refractivity (Wildman–Crippen MR) is 74.1 cm³/mol. The number of benzene rings is 1. The zero-order chi connectivity index (χ0) is 13.1. The lowest BCUT2D eigenvalue weighted by Crippen LogP contribution is -2.39. The fourth-order valence-electron chi connectivity index (χ4n) is 2.38. The minimum absolute atomic E-state index is 0.217. The fraction of sp³-hybridized carbons (Fsp3) is 0.571. The summed E-state index contributed by atoms with van der Waals surface area (Å²) < 4.78 is 19.2. The Hall–Kier alpha value is -0.450. The first kappa shape index (κ1) is 14.0. The van der Waals surface area contributed by atoms with E-state index in [4.69, 9.17) is 4.74 Å². The summed E-state index contributed by atoms with van der Waals surface area (Å²) in [6.07, 6.45) is 2.40. The number of halogens is 2. The molecular formula is C14H19BrFNO. The summed E-state index contributed by atoms with van der Waals surface area (Å²) in [7, 11) is 0. The van der Waals surface area contributed by atoms with E-state index in [0.29, 0.717) is 16.6 Å². The quantitative estimate of drug-likeness (QED) is 0.916. The van der Waals surface area contributed by atoms with Crippen LogP contribution in [0, 0.1) is 5.82 Å². The van der Waals surface area contributed by atoms with Crippen molar-refractivity contribution in [2.45, 2.75) is 44.9 Å². The minimum Gasteiger partial charge on any atom is -0.378 e. The van der Waals surface area contributed by atoms with E-state index in [2.05, 4.69) is 35.1 Å². The molecule has 2 rings (SSSR count). The van der Waals surface area contributed by atoms with Crippen molar-refractivity contribution in [3.05, 3.63) is 34.1 Å². The molecule has 3 atom stereocenters. The smallest absolute Gasteiger partial charge is 0.137 e. The fourth-order valence-corrected chi connectivity index (χ4v) is 2.78. The Morgan fingerprint density at radius 2 is 2.28 bits per heavy atom. The maximum absolute atomic E-state index is 13.2. The third-order valence-corrected chi connectivity index (χ3v) is 4.02. The summed E-state index contributed by atoms with van der Waals surface area (Å²) in [5.41, 5.74) is 1.10. The third kappa shape index (κ3) is 3.53. The molecule has 0 saturated carbocycles. The van der Waals surface area contributed by atoms with E-state index in [0.717, 1.165) is 25.0 Å². The second-order valence-electron chi connectivity index (χ2n) is 4.96. The predicted octanol–water partition coefficient (Wildman–Crippen LogP) is 3.81. The molecular weight excluding hydrogens is 297 g/mol. The van der Waals surface area contributed by atoms with Gasteiger partial charge in [-0.05, 0) is 60.3 Å². The van der Waals surface area contributed by atoms with Crippen LogP contribution in [0.15, 0.2) is 22.7 Å². The second-order valence-corrected chi connectivity index (χ2v) is 5.82. The average molecular weight is 316 g/mol. The molecule has 0 bridgehead atoms. The molecule has 1 aromatic rings. The van der Waals surface area contributed by atoms with Crippen molar-refractivity contribution < 1.29 is 9.13 Å². The van der Waals surface area contributed by atoms with Crippen LogP contribution in [0.3, 0.4) is 0 Å². The largest absolute Gasteiger partial charge is 0.378 e. The van der Waals surface area contributed by atoms with E-state index in [1.165, 1.54) is 6.07 Å². The van der Waals surface area contributed by atoms with Crippen LogP contribution in [-0.2, 0) is 4.74 Å². The van der Waals surface area contributed by atoms with Gasteiger partial charge in [-0.15, -0.1) is 0 Å². The molecule has 100 valence electrons. The standard InChI is InChI=1S/C14H19BrFNO/c1-9-7-12(5-6-18-9)17-10(2)11-3-4-14(16)13(15)8-11/h3-4,8-10,12,17H,5-7H2,1-2H3. The van der Waals surface area contributed by atoms with Crippen molar-refractivity contribution in [1.82, 2.24) is 5.32 Å². The molecule has 18 heavy (non-hydrogen) atoms. The number of hydrogen-bond donors (Lipinski definition) is 1. The van der Waals surface area contributed by atoms with Crippen LogP contribution in [0.4, 0.5) is 4.39 Å². The van der Waals surface area contributed by atoms with Gasteiger partial charge in [0, 0.05) is 18.7 Å². The monoisotopic (exact) mass is 315 g/mol. The zero-order valence-corrected chi connectivity index (χ0v) is 12.3. The lowest BCUT2D eigenvalue weighted by Gasteiger charge is -2.30. The van der Waals surface area contributed by atoms with Crippen LogP contribution < -0.4 is 5.32 Å². The number of ether oxygens (including phenoxy) is 1. The van der Waals surface area contributed by atoms with Gasteiger partial charge >= 0.3 is 0 Å². The lowest BCUT2D eigenvalue weighted by atomic mass is 10.0. The number of hydrogen-bond acceptors (Lipinski definition) is 2. The summed E-state index contributed by atoms with van der Waals surface area (Å²) in [5, 5.41) is 3.59. The SMILES string of the molecule is CC1CC(NC(C)c2ccc(F)c(Br)c2)CCO1. The molecule has 1 fully saturated rings. The van der Waals surface area contributed by atoms with Crippen molar-refractivity contribution in [1.29, 1.82) is 0 Å². The van der Waals surface area contributed by atoms with Gasteiger partial charge in [0.25, 0.3) is 0 Å². The molecule has 0 spiro atoms. The second kappa shape index (κ2) is 6.13. The minimum atomic E-state index is -0.217. The topological polar surface area (TPSA) is 21.3 Å². The number of rotatable bonds is 3. The molecule has 0 aliphatic carbocycles. The Bertz CT molecular complexity index is 413. The molecule has 0 aromatic heterocycles. The zero-order valence-electron chi connectivity index (χ0n) is 10.7. The third-order valence-electron chi connectivity index (χ3n) is 3.41. The molecule has 0 amide bonds. The summed E-state index contributed by atoms with van der Waals surface area (Å²) in [5.74, 6) is -0.217. The van der Waals surface area contributed by atoms with Crippen molar-refractivity contribution in [2.75, 3.05) is 6.61 Å². The van der Waals surface area contributed by atoms with Crippen LogP contribution in [-0.4, -0.2) is 18.8 Å². The van der Waals surface area contributed by atoms with Gasteiger partial charge in [0.1, 0.15) is 5.82 Å². The van der Waals surface area contributed by atoms with Gasteiger partial charge in [0.2, 0.25) is 0 Å². The van der Waals surface area contributed by atoms with E-state index < -0.39 is 0 Å². The van der Waals surface area contributed by atoms with Crippen molar-refractivity contribution in [3.8, 4) is 0 Å². The van der Waals surface area contributed by atoms with Gasteiger partial charge in [-0.2, -0.15) is 0 Å². The van der Waals surface area contributed by atoms with Crippen LogP contribution in [0.2, 0.25) is 0 Å². The molecule has 1 aliphatic heterocycles. The molecule has 1 N–H and O–H groups in total. The van der Waals surface area contributed by atoms with Gasteiger partial charge in [0.15, 0.2) is 0 Å². The Kier molecular flexibility index (Phi) is 4.76. The summed E-state index contributed by atoms with van der Waals surface area (Å²) in [4.78, 5) is 0. The average Bonchev–Trinajstić information content (AvgIpc) is 2.32. The molecule has 1 aromatic carbocycles. The molecule has 2 nitrogen and oxygen atoms in total. The van der Waals surface area contributed by atoms with Gasteiger partial charge in [-0.1, -0.05) is 6.07 Å². The first-order chi connectivity index (χ1) is 8.56. The highest BCUT2D eigenvalue weighted by Crippen LogP contribution is 2.23. The van der Waals surface area contributed by atoms with Gasteiger partial charge in [0.05, 0.1) is 10.6 Å². The highest BCUT2D eigenvalue weighted by molar-refractivity contribution is 9.10. The number of nitrogens with one attached hydrogen (secondary N) is 1. The normalized spacial score (nSPS) is 26.0. The highest BCUT2D eigenvalue weighted by atomic mass is 79.9. The molecule has 1 heterocycles. The summed E-state index contributed by atoms with van der Waals surface area (Å²) in [6, 6.07) is 5.88. The molecule has 0 radical (unpaired) electrons. The Morgan fingerprint density at radius 3 is 2.94 bits per heavy atom. The Balaban J connectivity index is 1.98. The van der Waals surface area contributed by atoms with Gasteiger partial charge < -0.3 is 10.1 Å². The molecule has 4 heteroatoms. The van der Waals surface area contributed by atoms with E-state index in [-0.39, 0.29) is 11.9 Å². The maximum Gasteiger partial charge on any atom is 0.137 e.